The Balaban J connectivity index is 1.74. The van der Waals surface area contributed by atoms with Crippen molar-refractivity contribution in [2.75, 3.05) is 0 Å². The van der Waals surface area contributed by atoms with Crippen LogP contribution in [0.2, 0.25) is 0 Å². The first-order chi connectivity index (χ1) is 11.5. The normalized spacial score (nSPS) is 11.9. The number of oxazole rings is 1. The number of benzene rings is 2. The van der Waals surface area contributed by atoms with E-state index in [0.29, 0.717) is 11.7 Å². The van der Waals surface area contributed by atoms with Gasteiger partial charge in [0.1, 0.15) is 17.5 Å². The number of hydrogen-bond acceptors (Lipinski definition) is 5. The van der Waals surface area contributed by atoms with E-state index in [1.165, 1.54) is 12.1 Å². The minimum absolute atomic E-state index is 0.0643. The Hall–Kier alpha value is -3.28. The second-order valence-corrected chi connectivity index (χ2v) is 5.33. The van der Waals surface area contributed by atoms with Crippen molar-refractivity contribution in [2.45, 2.75) is 13.0 Å². The van der Waals surface area contributed by atoms with E-state index in [-0.39, 0.29) is 17.1 Å². The van der Waals surface area contributed by atoms with Gasteiger partial charge in [-0.15, -0.1) is 0 Å². The van der Waals surface area contributed by atoms with Crippen LogP contribution in [0.1, 0.15) is 29.2 Å². The third-order valence-electron chi connectivity index (χ3n) is 3.53. The molecule has 2 aromatic carbocycles. The fourth-order valence-corrected chi connectivity index (χ4v) is 2.27. The third kappa shape index (κ3) is 3.22. The van der Waals surface area contributed by atoms with E-state index >= 15 is 0 Å². The molecular formula is C18H16N2O4. The highest BCUT2D eigenvalue weighted by Crippen LogP contribution is 2.25. The third-order valence-corrected chi connectivity index (χ3v) is 3.53. The number of carbonyl (C=O) groups excluding carboxylic acids is 1. The molecule has 0 radical (unpaired) electrons. The van der Waals surface area contributed by atoms with E-state index in [1.807, 2.05) is 30.3 Å². The van der Waals surface area contributed by atoms with Gasteiger partial charge in [0.2, 0.25) is 5.89 Å². The number of hydrogen-bond donors (Lipinski definition) is 3. The van der Waals surface area contributed by atoms with Gasteiger partial charge < -0.3 is 19.9 Å². The maximum atomic E-state index is 12.2. The van der Waals surface area contributed by atoms with Crippen molar-refractivity contribution < 1.29 is 19.4 Å². The van der Waals surface area contributed by atoms with Crippen LogP contribution in [-0.4, -0.2) is 21.1 Å². The van der Waals surface area contributed by atoms with E-state index in [2.05, 4.69) is 10.3 Å². The number of aromatic hydroxyl groups is 2. The zero-order valence-electron chi connectivity index (χ0n) is 12.9. The Labute approximate surface area is 138 Å². The summed E-state index contributed by atoms with van der Waals surface area (Å²) in [5, 5.41) is 21.7. The molecule has 0 spiro atoms. The Morgan fingerprint density at radius 3 is 2.62 bits per heavy atom. The molecule has 6 nitrogen and oxygen atoms in total. The number of amides is 1. The zero-order valence-corrected chi connectivity index (χ0v) is 12.9. The molecule has 6 heteroatoms. The molecule has 122 valence electrons. The van der Waals surface area contributed by atoms with Gasteiger partial charge in [-0.05, 0) is 19.1 Å². The van der Waals surface area contributed by atoms with Crippen LogP contribution in [0.25, 0.3) is 11.3 Å². The largest absolute Gasteiger partial charge is 0.508 e. The van der Waals surface area contributed by atoms with E-state index in [4.69, 9.17) is 4.42 Å². The summed E-state index contributed by atoms with van der Waals surface area (Å²) >= 11 is 0. The zero-order chi connectivity index (χ0) is 17.1. The van der Waals surface area contributed by atoms with Crippen molar-refractivity contribution in [2.24, 2.45) is 0 Å². The molecule has 3 aromatic rings. The van der Waals surface area contributed by atoms with E-state index in [9.17, 15) is 15.0 Å². The van der Waals surface area contributed by atoms with Gasteiger partial charge in [0.05, 0.1) is 11.8 Å². The lowest BCUT2D eigenvalue weighted by Crippen LogP contribution is -2.26. The van der Waals surface area contributed by atoms with E-state index in [1.54, 1.807) is 13.1 Å². The van der Waals surface area contributed by atoms with Gasteiger partial charge in [-0.25, -0.2) is 4.98 Å². The quantitative estimate of drug-likeness (QED) is 0.684. The highest BCUT2D eigenvalue weighted by Gasteiger charge is 2.18. The minimum Gasteiger partial charge on any atom is -0.508 e. The summed E-state index contributed by atoms with van der Waals surface area (Å²) in [6.07, 6.45) is 1.60. The molecular weight excluding hydrogens is 308 g/mol. The summed E-state index contributed by atoms with van der Waals surface area (Å²) in [6, 6.07) is 12.8. The van der Waals surface area contributed by atoms with E-state index in [0.717, 1.165) is 11.6 Å². The molecule has 3 N–H and O–H groups in total. The maximum absolute atomic E-state index is 12.2. The fraction of sp³-hybridized carbons (Fsp3) is 0.111. The molecule has 24 heavy (non-hydrogen) atoms. The number of carbonyl (C=O) groups is 1. The molecule has 0 saturated carbocycles. The lowest BCUT2D eigenvalue weighted by molar-refractivity contribution is 0.0931. The van der Waals surface area contributed by atoms with Gasteiger partial charge >= 0.3 is 0 Å². The molecule has 0 saturated heterocycles. The van der Waals surface area contributed by atoms with Crippen LogP contribution >= 0.6 is 0 Å². The minimum atomic E-state index is -0.487. The molecule has 3 rings (SSSR count). The van der Waals surface area contributed by atoms with Crippen LogP contribution in [0.4, 0.5) is 0 Å². The average molecular weight is 324 g/mol. The van der Waals surface area contributed by atoms with Crippen molar-refractivity contribution in [3.63, 3.8) is 0 Å². The fourth-order valence-electron chi connectivity index (χ4n) is 2.27. The molecule has 0 aliphatic heterocycles. The van der Waals surface area contributed by atoms with Crippen molar-refractivity contribution >= 4 is 5.91 Å². The van der Waals surface area contributed by atoms with Crippen LogP contribution in [0.15, 0.2) is 59.1 Å². The summed E-state index contributed by atoms with van der Waals surface area (Å²) in [5.41, 5.74) is 0.959. The van der Waals surface area contributed by atoms with Crippen molar-refractivity contribution in [3.05, 3.63) is 66.2 Å². The van der Waals surface area contributed by atoms with Gasteiger partial charge in [0.25, 0.3) is 5.91 Å². The lowest BCUT2D eigenvalue weighted by Gasteiger charge is -2.11. The SMILES string of the molecule is C[C@H](NC(=O)c1ccc(O)cc1O)c1ncc(-c2ccccc2)o1. The van der Waals surface area contributed by atoms with E-state index < -0.39 is 11.9 Å². The number of nitrogens with zero attached hydrogens (tertiary/aromatic N) is 1. The van der Waals surface area contributed by atoms with Crippen molar-refractivity contribution in [3.8, 4) is 22.8 Å². The monoisotopic (exact) mass is 324 g/mol. The number of aromatic nitrogens is 1. The molecule has 1 heterocycles. The van der Waals surface area contributed by atoms with Gasteiger partial charge in [0, 0.05) is 11.6 Å². The summed E-state index contributed by atoms with van der Waals surface area (Å²) in [5.74, 6) is 0.0773. The highest BCUT2D eigenvalue weighted by molar-refractivity contribution is 5.97. The number of phenolic OH excluding ortho intramolecular Hbond substituents is 2. The second-order valence-electron chi connectivity index (χ2n) is 5.33. The van der Waals surface area contributed by atoms with Gasteiger partial charge in [0.15, 0.2) is 5.76 Å². The van der Waals surface area contributed by atoms with Gasteiger partial charge in [-0.1, -0.05) is 30.3 Å². The first kappa shape index (κ1) is 15.6. The van der Waals surface area contributed by atoms with Crippen molar-refractivity contribution in [1.82, 2.24) is 10.3 Å². The molecule has 0 aliphatic carbocycles. The summed E-state index contributed by atoms with van der Waals surface area (Å²) < 4.78 is 5.69. The predicted octanol–water partition coefficient (Wildman–Crippen LogP) is 3.24. The molecule has 0 unspecified atom stereocenters. The molecule has 0 fully saturated rings. The Morgan fingerprint density at radius 1 is 1.17 bits per heavy atom. The molecule has 1 aromatic heterocycles. The van der Waals surface area contributed by atoms with Gasteiger partial charge in [-0.2, -0.15) is 0 Å². The van der Waals surface area contributed by atoms with Crippen LogP contribution in [0, 0.1) is 0 Å². The predicted molar refractivity (Wildman–Crippen MR) is 87.6 cm³/mol. The standard InChI is InChI=1S/C18H16N2O4/c1-11(20-17(23)14-8-7-13(21)9-15(14)22)18-19-10-16(24-18)12-5-3-2-4-6-12/h2-11,21-22H,1H3,(H,20,23)/t11-/m0/s1. The number of phenols is 2. The summed E-state index contributed by atoms with van der Waals surface area (Å²) in [4.78, 5) is 16.4. The molecule has 1 atom stereocenters. The molecule has 1 amide bonds. The van der Waals surface area contributed by atoms with Crippen LogP contribution < -0.4 is 5.32 Å². The average Bonchev–Trinajstić information content (AvgIpc) is 3.05. The second kappa shape index (κ2) is 6.45. The first-order valence-corrected chi connectivity index (χ1v) is 7.38. The summed E-state index contributed by atoms with van der Waals surface area (Å²) in [7, 11) is 0. The highest BCUT2D eigenvalue weighted by atomic mass is 16.4. The maximum Gasteiger partial charge on any atom is 0.255 e. The smallest absolute Gasteiger partial charge is 0.255 e. The van der Waals surface area contributed by atoms with Crippen LogP contribution in [-0.2, 0) is 0 Å². The number of nitrogens with one attached hydrogen (secondary N) is 1. The van der Waals surface area contributed by atoms with Gasteiger partial charge in [-0.3, -0.25) is 4.79 Å². The summed E-state index contributed by atoms with van der Waals surface area (Å²) in [6.45, 7) is 1.73. The molecule has 0 aliphatic rings. The van der Waals surface area contributed by atoms with Crippen LogP contribution in [0.3, 0.4) is 0 Å². The first-order valence-electron chi connectivity index (χ1n) is 7.38. The number of rotatable bonds is 4. The topological polar surface area (TPSA) is 95.6 Å². The molecule has 0 bridgehead atoms. The lowest BCUT2D eigenvalue weighted by atomic mass is 10.1. The van der Waals surface area contributed by atoms with Crippen molar-refractivity contribution in [1.29, 1.82) is 0 Å². The Kier molecular flexibility index (Phi) is 4.20. The van der Waals surface area contributed by atoms with Crippen LogP contribution in [0.5, 0.6) is 11.5 Å². The Morgan fingerprint density at radius 2 is 1.92 bits per heavy atom. The Bertz CT molecular complexity index is 858.